The Hall–Kier alpha value is -1.84. The second-order valence-electron chi connectivity index (χ2n) is 4.59. The van der Waals surface area contributed by atoms with Gasteiger partial charge in [0.2, 0.25) is 0 Å². The summed E-state index contributed by atoms with van der Waals surface area (Å²) in [4.78, 5) is 15.7. The Labute approximate surface area is 99.9 Å². The summed E-state index contributed by atoms with van der Waals surface area (Å²) in [5.74, 6) is -0.767. The number of rotatable bonds is 4. The third-order valence-electron chi connectivity index (χ3n) is 3.28. The van der Waals surface area contributed by atoms with E-state index < -0.39 is 11.4 Å². The minimum absolute atomic E-state index is 0.459. The maximum Gasteiger partial charge on any atom is 0.309 e. The van der Waals surface area contributed by atoms with Gasteiger partial charge < -0.3 is 9.51 Å². The van der Waals surface area contributed by atoms with E-state index >= 15 is 0 Å². The highest BCUT2D eigenvalue weighted by molar-refractivity contribution is 5.74. The van der Waals surface area contributed by atoms with Crippen molar-refractivity contribution in [1.82, 2.24) is 9.38 Å². The molecule has 0 amide bonds. The third kappa shape index (κ3) is 2.16. The molecule has 0 saturated heterocycles. The zero-order chi connectivity index (χ0) is 12.5. The Morgan fingerprint density at radius 2 is 2.29 bits per heavy atom. The van der Waals surface area contributed by atoms with Crippen molar-refractivity contribution in [1.29, 1.82) is 0 Å². The van der Waals surface area contributed by atoms with E-state index in [0.29, 0.717) is 12.8 Å². The van der Waals surface area contributed by atoms with Crippen LogP contribution in [0.5, 0.6) is 0 Å². The molecule has 0 fully saturated rings. The van der Waals surface area contributed by atoms with Crippen LogP contribution in [0.15, 0.2) is 30.6 Å². The molecule has 2 aromatic heterocycles. The molecule has 2 rings (SSSR count). The molecule has 1 N–H and O–H groups in total. The summed E-state index contributed by atoms with van der Waals surface area (Å²) in [7, 11) is 0. The molecule has 4 heteroatoms. The van der Waals surface area contributed by atoms with Crippen molar-refractivity contribution in [2.75, 3.05) is 0 Å². The molecule has 0 aromatic carbocycles. The van der Waals surface area contributed by atoms with Crippen molar-refractivity contribution in [3.63, 3.8) is 0 Å². The first-order valence-corrected chi connectivity index (χ1v) is 5.71. The van der Waals surface area contributed by atoms with Crippen LogP contribution in [0, 0.1) is 5.41 Å². The SMILES string of the molecule is CCC(C)(Cc1cn2ccccc2n1)C(=O)O. The zero-order valence-electron chi connectivity index (χ0n) is 10.1. The van der Waals surface area contributed by atoms with Crippen LogP contribution in [0.2, 0.25) is 0 Å². The summed E-state index contributed by atoms with van der Waals surface area (Å²) >= 11 is 0. The molecule has 0 saturated carbocycles. The van der Waals surface area contributed by atoms with Crippen LogP contribution < -0.4 is 0 Å². The van der Waals surface area contributed by atoms with Gasteiger partial charge in [0.15, 0.2) is 0 Å². The second kappa shape index (κ2) is 4.20. The lowest BCUT2D eigenvalue weighted by atomic mass is 9.83. The lowest BCUT2D eigenvalue weighted by molar-refractivity contribution is -0.148. The molecule has 1 unspecified atom stereocenters. The van der Waals surface area contributed by atoms with Crippen molar-refractivity contribution >= 4 is 11.6 Å². The number of imidazole rings is 1. The number of hydrogen-bond acceptors (Lipinski definition) is 2. The number of carboxylic acid groups (broad SMARTS) is 1. The summed E-state index contributed by atoms with van der Waals surface area (Å²) in [6, 6.07) is 5.75. The van der Waals surface area contributed by atoms with Gasteiger partial charge in [-0.1, -0.05) is 13.0 Å². The smallest absolute Gasteiger partial charge is 0.309 e. The summed E-state index contributed by atoms with van der Waals surface area (Å²) in [6.45, 7) is 3.66. The number of fused-ring (bicyclic) bond motifs is 1. The molecule has 2 aromatic rings. The zero-order valence-corrected chi connectivity index (χ0v) is 10.1. The van der Waals surface area contributed by atoms with Crippen LogP contribution in [0.4, 0.5) is 0 Å². The summed E-state index contributed by atoms with van der Waals surface area (Å²) in [5.41, 5.74) is 0.937. The summed E-state index contributed by atoms with van der Waals surface area (Å²) in [5, 5.41) is 9.23. The number of carbonyl (C=O) groups is 1. The van der Waals surface area contributed by atoms with Crippen molar-refractivity contribution < 1.29 is 9.90 Å². The van der Waals surface area contributed by atoms with Gasteiger partial charge in [-0.15, -0.1) is 0 Å². The van der Waals surface area contributed by atoms with Gasteiger partial charge in [0.25, 0.3) is 0 Å². The van der Waals surface area contributed by atoms with Crippen molar-refractivity contribution in [2.24, 2.45) is 5.41 Å². The first-order chi connectivity index (χ1) is 8.05. The number of aliphatic carboxylic acids is 1. The molecular formula is C13H16N2O2. The molecule has 4 nitrogen and oxygen atoms in total. The van der Waals surface area contributed by atoms with Gasteiger partial charge in [0, 0.05) is 18.8 Å². The quantitative estimate of drug-likeness (QED) is 0.880. The number of carboxylic acids is 1. The van der Waals surface area contributed by atoms with E-state index in [1.807, 2.05) is 41.9 Å². The van der Waals surface area contributed by atoms with E-state index in [4.69, 9.17) is 0 Å². The Morgan fingerprint density at radius 1 is 1.53 bits per heavy atom. The fourth-order valence-corrected chi connectivity index (χ4v) is 1.82. The highest BCUT2D eigenvalue weighted by Gasteiger charge is 2.32. The summed E-state index contributed by atoms with van der Waals surface area (Å²) in [6.07, 6.45) is 4.86. The normalized spacial score (nSPS) is 14.7. The monoisotopic (exact) mass is 232 g/mol. The topological polar surface area (TPSA) is 54.6 Å². The minimum Gasteiger partial charge on any atom is -0.481 e. The van der Waals surface area contributed by atoms with Gasteiger partial charge >= 0.3 is 5.97 Å². The molecule has 2 heterocycles. The maximum atomic E-state index is 11.2. The van der Waals surface area contributed by atoms with Crippen molar-refractivity contribution in [3.05, 3.63) is 36.3 Å². The molecule has 17 heavy (non-hydrogen) atoms. The van der Waals surface area contributed by atoms with Crippen LogP contribution in [-0.4, -0.2) is 20.5 Å². The van der Waals surface area contributed by atoms with Crippen LogP contribution >= 0.6 is 0 Å². The minimum atomic E-state index is -0.767. The van der Waals surface area contributed by atoms with Gasteiger partial charge in [0.05, 0.1) is 11.1 Å². The number of aromatic nitrogens is 2. The third-order valence-corrected chi connectivity index (χ3v) is 3.28. The van der Waals surface area contributed by atoms with Gasteiger partial charge in [-0.3, -0.25) is 4.79 Å². The van der Waals surface area contributed by atoms with Crippen molar-refractivity contribution in [3.8, 4) is 0 Å². The van der Waals surface area contributed by atoms with Crippen LogP contribution in [-0.2, 0) is 11.2 Å². The number of nitrogens with zero attached hydrogens (tertiary/aromatic N) is 2. The predicted octanol–water partition coefficient (Wildman–Crippen LogP) is 2.38. The lowest BCUT2D eigenvalue weighted by Crippen LogP contribution is -2.29. The van der Waals surface area contributed by atoms with E-state index in [2.05, 4.69) is 4.98 Å². The van der Waals surface area contributed by atoms with E-state index in [-0.39, 0.29) is 0 Å². The molecule has 0 bridgehead atoms. The second-order valence-corrected chi connectivity index (χ2v) is 4.59. The largest absolute Gasteiger partial charge is 0.481 e. The van der Waals surface area contributed by atoms with E-state index in [1.165, 1.54) is 0 Å². The molecule has 90 valence electrons. The average molecular weight is 232 g/mol. The predicted molar refractivity (Wildman–Crippen MR) is 64.9 cm³/mol. The van der Waals surface area contributed by atoms with Gasteiger partial charge in [-0.25, -0.2) is 4.98 Å². The molecule has 1 atom stereocenters. The Bertz CT molecular complexity index is 514. The average Bonchev–Trinajstić information content (AvgIpc) is 2.70. The fraction of sp³-hybridized carbons (Fsp3) is 0.385. The Balaban J connectivity index is 2.32. The van der Waals surface area contributed by atoms with Crippen LogP contribution in [0.1, 0.15) is 26.0 Å². The molecule has 0 radical (unpaired) electrons. The molecule has 0 aliphatic rings. The van der Waals surface area contributed by atoms with Gasteiger partial charge in [-0.05, 0) is 25.5 Å². The maximum absolute atomic E-state index is 11.2. The van der Waals surface area contributed by atoms with Crippen LogP contribution in [0.3, 0.4) is 0 Å². The van der Waals surface area contributed by atoms with E-state index in [1.54, 1.807) is 6.92 Å². The van der Waals surface area contributed by atoms with E-state index in [0.717, 1.165) is 11.3 Å². The van der Waals surface area contributed by atoms with Crippen LogP contribution in [0.25, 0.3) is 5.65 Å². The van der Waals surface area contributed by atoms with E-state index in [9.17, 15) is 9.90 Å². The standard InChI is InChI=1S/C13H16N2O2/c1-3-13(2,12(16)17)8-10-9-15-7-5-4-6-11(15)14-10/h4-7,9H,3,8H2,1-2H3,(H,16,17). The Kier molecular flexibility index (Phi) is 2.88. The first-order valence-electron chi connectivity index (χ1n) is 5.71. The van der Waals surface area contributed by atoms with Crippen molar-refractivity contribution in [2.45, 2.75) is 26.7 Å². The van der Waals surface area contributed by atoms with Gasteiger partial charge in [0.1, 0.15) is 5.65 Å². The summed E-state index contributed by atoms with van der Waals surface area (Å²) < 4.78 is 1.91. The lowest BCUT2D eigenvalue weighted by Gasteiger charge is -2.21. The fourth-order valence-electron chi connectivity index (χ4n) is 1.82. The molecule has 0 aliphatic carbocycles. The highest BCUT2D eigenvalue weighted by Crippen LogP contribution is 2.26. The first kappa shape index (κ1) is 11.6. The molecule has 0 aliphatic heterocycles. The number of pyridine rings is 1. The number of hydrogen-bond donors (Lipinski definition) is 1. The van der Waals surface area contributed by atoms with Gasteiger partial charge in [-0.2, -0.15) is 0 Å². The Morgan fingerprint density at radius 3 is 2.88 bits per heavy atom. The molecular weight excluding hydrogens is 216 g/mol. The highest BCUT2D eigenvalue weighted by atomic mass is 16.4. The molecule has 0 spiro atoms.